The highest BCUT2D eigenvalue weighted by Gasteiger charge is 2.37. The zero-order valence-corrected chi connectivity index (χ0v) is 16.5. The Morgan fingerprint density at radius 1 is 1.16 bits per heavy atom. The molecule has 4 heterocycles. The van der Waals surface area contributed by atoms with Crippen LogP contribution in [0.1, 0.15) is 23.6 Å². The number of rotatable bonds is 4. The van der Waals surface area contributed by atoms with E-state index in [9.17, 15) is 17.6 Å². The lowest BCUT2D eigenvalue weighted by atomic mass is 9.92. The summed E-state index contributed by atoms with van der Waals surface area (Å²) >= 11 is 0. The standard InChI is InChI=1S/C21H16F4N6O/c22-14-2-1-3-17-18(14)13(5-7-32-17)9-31-10-16(27-11-31)15-8-12(4-6-26-15)19-20(21(23,24)25)29-30-28-19/h1-4,6,8,10-11,13H,5,7,9H2,(H,28,29,30)/t13-/m1/s1. The molecule has 0 saturated carbocycles. The van der Waals surface area contributed by atoms with Crippen LogP contribution in [-0.4, -0.2) is 36.6 Å². The first-order chi connectivity index (χ1) is 15.4. The van der Waals surface area contributed by atoms with Gasteiger partial charge < -0.3 is 9.30 Å². The first-order valence-electron chi connectivity index (χ1n) is 9.78. The molecule has 0 fully saturated rings. The van der Waals surface area contributed by atoms with Gasteiger partial charge in [-0.05, 0) is 30.7 Å². The van der Waals surface area contributed by atoms with Crippen molar-refractivity contribution in [2.75, 3.05) is 6.61 Å². The minimum atomic E-state index is -4.61. The number of nitrogens with one attached hydrogen (secondary N) is 1. The molecule has 1 aliphatic heterocycles. The molecule has 164 valence electrons. The molecular weight excluding hydrogens is 428 g/mol. The maximum absolute atomic E-state index is 14.4. The molecule has 1 aliphatic rings. The summed E-state index contributed by atoms with van der Waals surface area (Å²) in [6.45, 7) is 0.969. The second kappa shape index (κ2) is 7.74. The predicted octanol–water partition coefficient (Wildman–Crippen LogP) is 4.45. The van der Waals surface area contributed by atoms with Crippen LogP contribution in [0.5, 0.6) is 5.75 Å². The number of nitrogens with zero attached hydrogens (tertiary/aromatic N) is 5. The van der Waals surface area contributed by atoms with Gasteiger partial charge >= 0.3 is 6.18 Å². The third-order valence-corrected chi connectivity index (χ3v) is 5.34. The third kappa shape index (κ3) is 3.70. The van der Waals surface area contributed by atoms with Gasteiger partial charge in [-0.2, -0.15) is 13.2 Å². The van der Waals surface area contributed by atoms with E-state index in [-0.39, 0.29) is 23.0 Å². The predicted molar refractivity (Wildman–Crippen MR) is 105 cm³/mol. The monoisotopic (exact) mass is 444 g/mol. The highest BCUT2D eigenvalue weighted by atomic mass is 19.4. The first kappa shape index (κ1) is 20.2. The molecule has 0 amide bonds. The molecule has 3 aromatic heterocycles. The van der Waals surface area contributed by atoms with Crippen molar-refractivity contribution in [3.05, 3.63) is 66.1 Å². The molecule has 1 aromatic carbocycles. The molecule has 7 nitrogen and oxygen atoms in total. The third-order valence-electron chi connectivity index (χ3n) is 5.34. The van der Waals surface area contributed by atoms with Crippen LogP contribution < -0.4 is 4.74 Å². The highest BCUT2D eigenvalue weighted by molar-refractivity contribution is 5.67. The smallest absolute Gasteiger partial charge is 0.435 e. The second-order valence-electron chi connectivity index (χ2n) is 7.40. The average Bonchev–Trinajstić information content (AvgIpc) is 3.44. The summed E-state index contributed by atoms with van der Waals surface area (Å²) in [5.41, 5.74) is 0.279. The zero-order valence-electron chi connectivity index (χ0n) is 16.5. The molecule has 0 bridgehead atoms. The molecule has 5 rings (SSSR count). The van der Waals surface area contributed by atoms with E-state index in [4.69, 9.17) is 4.74 Å². The molecule has 4 aromatic rings. The molecule has 11 heteroatoms. The molecule has 0 aliphatic carbocycles. The topological polar surface area (TPSA) is 81.5 Å². The Morgan fingerprint density at radius 3 is 2.88 bits per heavy atom. The van der Waals surface area contributed by atoms with Gasteiger partial charge in [0.25, 0.3) is 0 Å². The number of hydrogen-bond acceptors (Lipinski definition) is 5. The van der Waals surface area contributed by atoms with Crippen molar-refractivity contribution in [1.29, 1.82) is 0 Å². The molecule has 0 spiro atoms. The van der Waals surface area contributed by atoms with Crippen LogP contribution in [0, 0.1) is 5.82 Å². The van der Waals surface area contributed by atoms with E-state index in [0.29, 0.717) is 42.3 Å². The summed E-state index contributed by atoms with van der Waals surface area (Å²) in [6.07, 6.45) is 0.760. The fourth-order valence-corrected chi connectivity index (χ4v) is 3.87. The van der Waals surface area contributed by atoms with Gasteiger partial charge in [-0.3, -0.25) is 10.1 Å². The highest BCUT2D eigenvalue weighted by Crippen LogP contribution is 2.37. The molecule has 0 radical (unpaired) electrons. The van der Waals surface area contributed by atoms with Gasteiger partial charge in [-0.15, -0.1) is 5.10 Å². The van der Waals surface area contributed by atoms with Crippen molar-refractivity contribution in [2.45, 2.75) is 25.1 Å². The van der Waals surface area contributed by atoms with Crippen molar-refractivity contribution in [3.63, 3.8) is 0 Å². The summed E-state index contributed by atoms with van der Waals surface area (Å²) in [7, 11) is 0. The lowest BCUT2D eigenvalue weighted by Crippen LogP contribution is -2.19. The largest absolute Gasteiger partial charge is 0.493 e. The Labute approximate surface area is 179 Å². The number of alkyl halides is 3. The van der Waals surface area contributed by atoms with E-state index < -0.39 is 11.9 Å². The Morgan fingerprint density at radius 2 is 2.03 bits per heavy atom. The molecule has 1 N–H and O–H groups in total. The minimum absolute atomic E-state index is 0.0919. The Kier molecular flexibility index (Phi) is 4.87. The number of aromatic nitrogens is 6. The number of ether oxygens (including phenoxy) is 1. The van der Waals surface area contributed by atoms with E-state index in [1.54, 1.807) is 24.7 Å². The number of fused-ring (bicyclic) bond motifs is 1. The van der Waals surface area contributed by atoms with Gasteiger partial charge in [-0.1, -0.05) is 11.3 Å². The van der Waals surface area contributed by atoms with Gasteiger partial charge in [0.2, 0.25) is 0 Å². The van der Waals surface area contributed by atoms with Crippen LogP contribution in [-0.2, 0) is 12.7 Å². The summed E-state index contributed by atoms with van der Waals surface area (Å²) in [5.74, 6) is 0.143. The van der Waals surface area contributed by atoms with Gasteiger partial charge in [0.1, 0.15) is 23.0 Å². The van der Waals surface area contributed by atoms with Crippen molar-refractivity contribution in [3.8, 4) is 28.4 Å². The van der Waals surface area contributed by atoms with Crippen LogP contribution in [0.15, 0.2) is 49.1 Å². The normalized spacial score (nSPS) is 15.9. The van der Waals surface area contributed by atoms with Crippen molar-refractivity contribution < 1.29 is 22.3 Å². The molecule has 1 atom stereocenters. The summed E-state index contributed by atoms with van der Waals surface area (Å²) in [4.78, 5) is 8.56. The Bertz CT molecular complexity index is 1270. The van der Waals surface area contributed by atoms with E-state index >= 15 is 0 Å². The molecular formula is C21H16F4N6O. The maximum Gasteiger partial charge on any atom is 0.435 e. The van der Waals surface area contributed by atoms with E-state index in [1.165, 1.54) is 24.4 Å². The first-order valence-corrected chi connectivity index (χ1v) is 9.78. The lowest BCUT2D eigenvalue weighted by molar-refractivity contribution is -0.140. The number of benzene rings is 1. The van der Waals surface area contributed by atoms with E-state index in [1.807, 2.05) is 9.67 Å². The van der Waals surface area contributed by atoms with E-state index in [0.717, 1.165) is 0 Å². The van der Waals surface area contributed by atoms with Gasteiger partial charge in [0.05, 0.1) is 18.6 Å². The minimum Gasteiger partial charge on any atom is -0.493 e. The molecule has 0 unspecified atom stereocenters. The summed E-state index contributed by atoms with van der Waals surface area (Å²) < 4.78 is 61.3. The van der Waals surface area contributed by atoms with Crippen molar-refractivity contribution >= 4 is 0 Å². The van der Waals surface area contributed by atoms with Crippen LogP contribution in [0.3, 0.4) is 0 Å². The number of pyridine rings is 1. The number of hydrogen-bond donors (Lipinski definition) is 1. The maximum atomic E-state index is 14.4. The number of aromatic amines is 1. The number of halogens is 4. The number of H-pyrrole nitrogens is 1. The van der Waals surface area contributed by atoms with Gasteiger partial charge in [0.15, 0.2) is 5.69 Å². The lowest BCUT2D eigenvalue weighted by Gasteiger charge is -2.26. The van der Waals surface area contributed by atoms with Crippen LogP contribution in [0.4, 0.5) is 17.6 Å². The molecule has 32 heavy (non-hydrogen) atoms. The summed E-state index contributed by atoms with van der Waals surface area (Å²) in [6, 6.07) is 7.68. The SMILES string of the molecule is Fc1cccc2c1[C@@H](Cn1cnc(-c3cc(-c4nn[nH]c4C(F)(F)F)ccn3)c1)CCO2. The van der Waals surface area contributed by atoms with Crippen molar-refractivity contribution in [2.24, 2.45) is 0 Å². The van der Waals surface area contributed by atoms with Gasteiger partial charge in [0, 0.05) is 36.0 Å². The van der Waals surface area contributed by atoms with Crippen LogP contribution >= 0.6 is 0 Å². The average molecular weight is 444 g/mol. The fourth-order valence-electron chi connectivity index (χ4n) is 3.87. The van der Waals surface area contributed by atoms with Crippen LogP contribution in [0.2, 0.25) is 0 Å². The zero-order chi connectivity index (χ0) is 22.3. The Hall–Kier alpha value is -3.76. The van der Waals surface area contributed by atoms with Crippen LogP contribution in [0.25, 0.3) is 22.6 Å². The second-order valence-corrected chi connectivity index (χ2v) is 7.40. The number of imidazole rings is 1. The fraction of sp³-hybridized carbons (Fsp3) is 0.238. The van der Waals surface area contributed by atoms with Gasteiger partial charge in [-0.25, -0.2) is 9.37 Å². The summed E-state index contributed by atoms with van der Waals surface area (Å²) in [5, 5.41) is 8.76. The van der Waals surface area contributed by atoms with Crippen molar-refractivity contribution in [1.82, 2.24) is 29.9 Å². The molecule has 0 saturated heterocycles. The van der Waals surface area contributed by atoms with E-state index in [2.05, 4.69) is 20.3 Å². The quantitative estimate of drug-likeness (QED) is 0.470. The Balaban J connectivity index is 1.41.